The number of aliphatic hydroxyl groups excluding tert-OH is 1. The van der Waals surface area contributed by atoms with Gasteiger partial charge in [-0.3, -0.25) is 0 Å². The molecule has 1 aliphatic rings. The van der Waals surface area contributed by atoms with Gasteiger partial charge in [0.05, 0.1) is 25.4 Å². The number of benzene rings is 1. The molecule has 1 fully saturated rings. The van der Waals surface area contributed by atoms with Crippen LogP contribution in [0.3, 0.4) is 0 Å². The lowest BCUT2D eigenvalue weighted by Gasteiger charge is -2.27. The van der Waals surface area contributed by atoms with Gasteiger partial charge in [0.25, 0.3) is 0 Å². The molecule has 0 spiro atoms. The summed E-state index contributed by atoms with van der Waals surface area (Å²) in [6.45, 7) is 0.936. The van der Waals surface area contributed by atoms with Gasteiger partial charge in [0.2, 0.25) is 0 Å². The number of hydrogen-bond acceptors (Lipinski definition) is 4. The summed E-state index contributed by atoms with van der Waals surface area (Å²) in [6.07, 6.45) is -0.441. The number of rotatable bonds is 2. The summed E-state index contributed by atoms with van der Waals surface area (Å²) in [6, 6.07) is 6.90. The number of aromatic hydroxyl groups is 1. The first-order valence-corrected chi connectivity index (χ1v) is 4.96. The minimum absolute atomic E-state index is 0.00505. The molecule has 4 nitrogen and oxygen atoms in total. The lowest BCUT2D eigenvalue weighted by Crippen LogP contribution is -2.40. The largest absolute Gasteiger partial charge is 0.508 e. The molecule has 1 heterocycles. The van der Waals surface area contributed by atoms with Crippen LogP contribution in [0, 0.1) is 0 Å². The fraction of sp³-hybridized carbons (Fsp3) is 0.455. The molecule has 2 rings (SSSR count). The first-order valence-electron chi connectivity index (χ1n) is 4.96. The van der Waals surface area contributed by atoms with Crippen LogP contribution in [0.1, 0.15) is 0 Å². The van der Waals surface area contributed by atoms with Crippen molar-refractivity contribution in [2.24, 2.45) is 0 Å². The summed E-state index contributed by atoms with van der Waals surface area (Å²) in [4.78, 5) is 1.97. The van der Waals surface area contributed by atoms with Gasteiger partial charge in [0.1, 0.15) is 5.75 Å². The maximum absolute atomic E-state index is 9.66. The molecular weight excluding hydrogens is 194 g/mol. The van der Waals surface area contributed by atoms with Crippen LogP contribution in [-0.2, 0) is 4.74 Å². The molecule has 2 N–H and O–H groups in total. The summed E-state index contributed by atoms with van der Waals surface area (Å²) in [5, 5.41) is 18.8. The molecule has 0 bridgehead atoms. The van der Waals surface area contributed by atoms with Crippen LogP contribution >= 0.6 is 0 Å². The Bertz CT molecular complexity index is 325. The normalized spacial score (nSPS) is 25.5. The zero-order chi connectivity index (χ0) is 10.8. The second-order valence-corrected chi connectivity index (χ2v) is 3.80. The number of phenols is 1. The Balaban J connectivity index is 2.13. The van der Waals surface area contributed by atoms with E-state index < -0.39 is 6.10 Å². The number of anilines is 1. The van der Waals surface area contributed by atoms with Gasteiger partial charge in [-0.25, -0.2) is 0 Å². The molecule has 4 heteroatoms. The van der Waals surface area contributed by atoms with Crippen LogP contribution in [0.5, 0.6) is 5.75 Å². The lowest BCUT2D eigenvalue weighted by molar-refractivity contribution is 0.124. The zero-order valence-electron chi connectivity index (χ0n) is 8.63. The van der Waals surface area contributed by atoms with E-state index in [4.69, 9.17) is 9.84 Å². The molecular formula is C11H15NO3. The van der Waals surface area contributed by atoms with Gasteiger partial charge < -0.3 is 19.8 Å². The standard InChI is InChI=1S/C11H15NO3/c1-12(10-6-15-7-11(10)14)8-2-4-9(13)5-3-8/h2-5,10-11,13-14H,6-7H2,1H3/t10-,11-/m1/s1. The van der Waals surface area contributed by atoms with Gasteiger partial charge in [-0.05, 0) is 24.3 Å². The van der Waals surface area contributed by atoms with Crippen LogP contribution in [-0.4, -0.2) is 42.6 Å². The lowest BCUT2D eigenvalue weighted by atomic mass is 10.1. The van der Waals surface area contributed by atoms with Crippen LogP contribution in [0.25, 0.3) is 0 Å². The van der Waals surface area contributed by atoms with Crippen LogP contribution in [0.15, 0.2) is 24.3 Å². The van der Waals surface area contributed by atoms with Gasteiger partial charge in [0, 0.05) is 12.7 Å². The smallest absolute Gasteiger partial charge is 0.115 e. The van der Waals surface area contributed by atoms with Gasteiger partial charge in [0.15, 0.2) is 0 Å². The highest BCUT2D eigenvalue weighted by atomic mass is 16.5. The van der Waals surface area contributed by atoms with E-state index in [1.165, 1.54) is 0 Å². The summed E-state index contributed by atoms with van der Waals surface area (Å²) in [7, 11) is 1.91. The predicted octanol–water partition coefficient (Wildman–Crippen LogP) is 0.588. The van der Waals surface area contributed by atoms with Crippen molar-refractivity contribution in [3.05, 3.63) is 24.3 Å². The molecule has 0 radical (unpaired) electrons. The highest BCUT2D eigenvalue weighted by Gasteiger charge is 2.29. The molecule has 0 saturated carbocycles. The van der Waals surface area contributed by atoms with Gasteiger partial charge >= 0.3 is 0 Å². The molecule has 0 aliphatic carbocycles. The summed E-state index contributed by atoms with van der Waals surface area (Å²) < 4.78 is 5.19. The first-order chi connectivity index (χ1) is 7.18. The number of hydrogen-bond donors (Lipinski definition) is 2. The van der Waals surface area contributed by atoms with Crippen molar-refractivity contribution in [1.82, 2.24) is 0 Å². The molecule has 1 aliphatic heterocycles. The summed E-state index contributed by atoms with van der Waals surface area (Å²) >= 11 is 0. The van der Waals surface area contributed by atoms with Gasteiger partial charge in [-0.1, -0.05) is 0 Å². The van der Waals surface area contributed by atoms with E-state index in [-0.39, 0.29) is 11.8 Å². The maximum atomic E-state index is 9.66. The Kier molecular flexibility index (Phi) is 2.79. The molecule has 82 valence electrons. The van der Waals surface area contributed by atoms with Crippen molar-refractivity contribution < 1.29 is 14.9 Å². The molecule has 2 atom stereocenters. The monoisotopic (exact) mass is 209 g/mol. The average molecular weight is 209 g/mol. The number of nitrogens with zero attached hydrogens (tertiary/aromatic N) is 1. The van der Waals surface area contributed by atoms with E-state index in [1.807, 2.05) is 24.1 Å². The average Bonchev–Trinajstić information content (AvgIpc) is 2.65. The minimum atomic E-state index is -0.441. The van der Waals surface area contributed by atoms with E-state index >= 15 is 0 Å². The molecule has 0 aromatic heterocycles. The van der Waals surface area contributed by atoms with Crippen molar-refractivity contribution in [2.75, 3.05) is 25.2 Å². The Morgan fingerprint density at radius 1 is 1.27 bits per heavy atom. The van der Waals surface area contributed by atoms with Gasteiger partial charge in [-0.15, -0.1) is 0 Å². The summed E-state index contributed by atoms with van der Waals surface area (Å²) in [5.74, 6) is 0.246. The quantitative estimate of drug-likeness (QED) is 0.748. The molecule has 1 aromatic carbocycles. The third kappa shape index (κ3) is 2.06. The molecule has 1 aromatic rings. The Labute approximate surface area is 88.7 Å². The fourth-order valence-corrected chi connectivity index (χ4v) is 1.78. The van der Waals surface area contributed by atoms with E-state index in [1.54, 1.807) is 12.1 Å². The maximum Gasteiger partial charge on any atom is 0.115 e. The Hall–Kier alpha value is -1.26. The summed E-state index contributed by atoms with van der Waals surface area (Å²) in [5.41, 5.74) is 0.961. The molecule has 0 amide bonds. The van der Waals surface area contributed by atoms with Crippen molar-refractivity contribution in [3.8, 4) is 5.75 Å². The van der Waals surface area contributed by atoms with E-state index in [0.717, 1.165) is 5.69 Å². The van der Waals surface area contributed by atoms with Gasteiger partial charge in [-0.2, -0.15) is 0 Å². The minimum Gasteiger partial charge on any atom is -0.508 e. The first kappa shape index (κ1) is 10.3. The van der Waals surface area contributed by atoms with E-state index in [2.05, 4.69) is 0 Å². The predicted molar refractivity (Wildman–Crippen MR) is 57.1 cm³/mol. The van der Waals surface area contributed by atoms with Crippen LogP contribution in [0.2, 0.25) is 0 Å². The fourth-order valence-electron chi connectivity index (χ4n) is 1.78. The Morgan fingerprint density at radius 3 is 2.47 bits per heavy atom. The number of ether oxygens (including phenoxy) is 1. The van der Waals surface area contributed by atoms with Crippen molar-refractivity contribution >= 4 is 5.69 Å². The number of phenolic OH excluding ortho intramolecular Hbond substituents is 1. The van der Waals surface area contributed by atoms with Crippen molar-refractivity contribution in [2.45, 2.75) is 12.1 Å². The molecule has 0 unspecified atom stereocenters. The van der Waals surface area contributed by atoms with Crippen molar-refractivity contribution in [1.29, 1.82) is 0 Å². The third-order valence-electron chi connectivity index (χ3n) is 2.78. The van der Waals surface area contributed by atoms with E-state index in [9.17, 15) is 5.11 Å². The highest BCUT2D eigenvalue weighted by molar-refractivity contribution is 5.49. The highest BCUT2D eigenvalue weighted by Crippen LogP contribution is 2.22. The van der Waals surface area contributed by atoms with Crippen LogP contribution < -0.4 is 4.90 Å². The van der Waals surface area contributed by atoms with Crippen molar-refractivity contribution in [3.63, 3.8) is 0 Å². The number of aliphatic hydroxyl groups is 1. The van der Waals surface area contributed by atoms with Crippen LogP contribution in [0.4, 0.5) is 5.69 Å². The number of likely N-dealkylation sites (N-methyl/N-ethyl adjacent to an activating group) is 1. The third-order valence-corrected chi connectivity index (χ3v) is 2.78. The Morgan fingerprint density at radius 2 is 1.93 bits per heavy atom. The topological polar surface area (TPSA) is 52.9 Å². The SMILES string of the molecule is CN(c1ccc(O)cc1)[C@@H]1COC[C@H]1O. The second kappa shape index (κ2) is 4.08. The van der Waals surface area contributed by atoms with E-state index in [0.29, 0.717) is 13.2 Å². The zero-order valence-corrected chi connectivity index (χ0v) is 8.63. The molecule has 15 heavy (non-hydrogen) atoms. The molecule has 1 saturated heterocycles. The second-order valence-electron chi connectivity index (χ2n) is 3.80.